The van der Waals surface area contributed by atoms with Crippen molar-refractivity contribution in [3.8, 4) is 0 Å². The molecular weight excluding hydrogens is 252 g/mol. The first-order valence-corrected chi connectivity index (χ1v) is 8.13. The highest BCUT2D eigenvalue weighted by atomic mass is 16.5. The standard InChI is InChI=1S/C16H30N2O2/c1-4-9-17-16(2,15(19)20-3)12-18(10-13-5-6-13)11-14-7-8-14/h13-14,17H,4-12H2,1-3H3. The molecule has 2 aliphatic rings. The Balaban J connectivity index is 1.94. The second kappa shape index (κ2) is 6.90. The van der Waals surface area contributed by atoms with E-state index in [0.717, 1.165) is 44.4 Å². The highest BCUT2D eigenvalue weighted by Crippen LogP contribution is 2.34. The summed E-state index contributed by atoms with van der Waals surface area (Å²) >= 11 is 0. The Kier molecular flexibility index (Phi) is 5.44. The largest absolute Gasteiger partial charge is 0.468 e. The number of esters is 1. The van der Waals surface area contributed by atoms with Crippen molar-refractivity contribution in [1.29, 1.82) is 0 Å². The molecule has 0 spiro atoms. The van der Waals surface area contributed by atoms with Crippen LogP contribution in [0.1, 0.15) is 46.0 Å². The fraction of sp³-hybridized carbons (Fsp3) is 0.938. The van der Waals surface area contributed by atoms with Crippen molar-refractivity contribution in [2.45, 2.75) is 51.5 Å². The minimum absolute atomic E-state index is 0.137. The molecule has 0 bridgehead atoms. The first-order valence-electron chi connectivity index (χ1n) is 8.13. The molecule has 0 heterocycles. The van der Waals surface area contributed by atoms with Gasteiger partial charge in [0.25, 0.3) is 0 Å². The summed E-state index contributed by atoms with van der Waals surface area (Å²) in [6.45, 7) is 8.03. The summed E-state index contributed by atoms with van der Waals surface area (Å²) in [5.41, 5.74) is -0.575. The lowest BCUT2D eigenvalue weighted by atomic mass is 10.0. The molecule has 116 valence electrons. The van der Waals surface area contributed by atoms with Crippen LogP contribution in [-0.2, 0) is 9.53 Å². The fourth-order valence-corrected chi connectivity index (χ4v) is 2.80. The lowest BCUT2D eigenvalue weighted by Crippen LogP contribution is -2.58. The molecule has 4 nitrogen and oxygen atoms in total. The summed E-state index contributed by atoms with van der Waals surface area (Å²) in [4.78, 5) is 14.7. The van der Waals surface area contributed by atoms with Gasteiger partial charge in [-0.05, 0) is 57.4 Å². The van der Waals surface area contributed by atoms with Gasteiger partial charge in [-0.1, -0.05) is 6.92 Å². The molecule has 0 aromatic carbocycles. The number of hydrogen-bond donors (Lipinski definition) is 1. The molecule has 0 saturated heterocycles. The maximum atomic E-state index is 12.2. The molecule has 20 heavy (non-hydrogen) atoms. The van der Waals surface area contributed by atoms with Crippen molar-refractivity contribution in [2.75, 3.05) is 33.3 Å². The summed E-state index contributed by atoms with van der Waals surface area (Å²) < 4.78 is 5.03. The predicted molar refractivity (Wildman–Crippen MR) is 80.6 cm³/mol. The molecule has 0 aliphatic heterocycles. The van der Waals surface area contributed by atoms with Crippen LogP contribution in [0.5, 0.6) is 0 Å². The number of methoxy groups -OCH3 is 1. The topological polar surface area (TPSA) is 41.6 Å². The molecule has 0 aromatic rings. The van der Waals surface area contributed by atoms with E-state index < -0.39 is 5.54 Å². The lowest BCUT2D eigenvalue weighted by Gasteiger charge is -2.34. The van der Waals surface area contributed by atoms with Gasteiger partial charge in [0.1, 0.15) is 5.54 Å². The lowest BCUT2D eigenvalue weighted by molar-refractivity contribution is -0.148. The predicted octanol–water partition coefficient (Wildman–Crippen LogP) is 2.04. The Morgan fingerprint density at radius 1 is 1.25 bits per heavy atom. The third-order valence-electron chi connectivity index (χ3n) is 4.37. The first-order chi connectivity index (χ1) is 9.57. The second-order valence-electron chi connectivity index (χ2n) is 6.83. The van der Waals surface area contributed by atoms with E-state index in [1.54, 1.807) is 0 Å². The summed E-state index contributed by atoms with van der Waals surface area (Å²) in [6, 6.07) is 0. The normalized spacial score (nSPS) is 21.8. The van der Waals surface area contributed by atoms with E-state index in [0.29, 0.717) is 0 Å². The van der Waals surface area contributed by atoms with Gasteiger partial charge in [-0.15, -0.1) is 0 Å². The van der Waals surface area contributed by atoms with Gasteiger partial charge in [0.15, 0.2) is 0 Å². The van der Waals surface area contributed by atoms with Crippen molar-refractivity contribution >= 4 is 5.97 Å². The van der Waals surface area contributed by atoms with Gasteiger partial charge in [0.05, 0.1) is 7.11 Å². The van der Waals surface area contributed by atoms with Gasteiger partial charge >= 0.3 is 5.97 Å². The average molecular weight is 282 g/mol. The van der Waals surface area contributed by atoms with Crippen LogP contribution >= 0.6 is 0 Å². The monoisotopic (exact) mass is 282 g/mol. The van der Waals surface area contributed by atoms with E-state index in [4.69, 9.17) is 4.74 Å². The van der Waals surface area contributed by atoms with E-state index in [2.05, 4.69) is 17.1 Å². The highest BCUT2D eigenvalue weighted by molar-refractivity contribution is 5.80. The van der Waals surface area contributed by atoms with Gasteiger partial charge in [-0.25, -0.2) is 0 Å². The zero-order chi connectivity index (χ0) is 14.6. The zero-order valence-electron chi connectivity index (χ0n) is 13.3. The van der Waals surface area contributed by atoms with Crippen LogP contribution in [0.4, 0.5) is 0 Å². The number of carbonyl (C=O) groups excluding carboxylic acids is 1. The summed E-state index contributed by atoms with van der Waals surface area (Å²) in [6.07, 6.45) is 6.46. The Morgan fingerprint density at radius 3 is 2.20 bits per heavy atom. The van der Waals surface area contributed by atoms with Crippen molar-refractivity contribution in [1.82, 2.24) is 10.2 Å². The highest BCUT2D eigenvalue weighted by Gasteiger charge is 2.38. The van der Waals surface area contributed by atoms with Gasteiger partial charge in [0.2, 0.25) is 0 Å². The zero-order valence-corrected chi connectivity index (χ0v) is 13.3. The van der Waals surface area contributed by atoms with E-state index in [1.807, 2.05) is 6.92 Å². The number of carbonyl (C=O) groups is 1. The van der Waals surface area contributed by atoms with Crippen molar-refractivity contribution < 1.29 is 9.53 Å². The molecule has 2 saturated carbocycles. The molecule has 1 atom stereocenters. The Morgan fingerprint density at radius 2 is 1.80 bits per heavy atom. The van der Waals surface area contributed by atoms with Crippen LogP contribution in [0, 0.1) is 11.8 Å². The quantitative estimate of drug-likeness (QED) is 0.623. The Bertz CT molecular complexity index is 312. The molecule has 2 aliphatic carbocycles. The van der Waals surface area contributed by atoms with Crippen LogP contribution in [-0.4, -0.2) is 49.7 Å². The molecule has 2 rings (SSSR count). The van der Waals surface area contributed by atoms with Crippen LogP contribution in [0.2, 0.25) is 0 Å². The van der Waals surface area contributed by atoms with Crippen LogP contribution in [0.25, 0.3) is 0 Å². The maximum absolute atomic E-state index is 12.2. The number of nitrogens with one attached hydrogen (secondary N) is 1. The third kappa shape index (κ3) is 4.74. The average Bonchev–Trinajstić information content (AvgIpc) is 3.31. The van der Waals surface area contributed by atoms with E-state index in [-0.39, 0.29) is 5.97 Å². The van der Waals surface area contributed by atoms with Crippen molar-refractivity contribution in [2.24, 2.45) is 11.8 Å². The van der Waals surface area contributed by atoms with Crippen LogP contribution < -0.4 is 5.32 Å². The van der Waals surface area contributed by atoms with Crippen molar-refractivity contribution in [3.05, 3.63) is 0 Å². The summed E-state index contributed by atoms with van der Waals surface area (Å²) in [7, 11) is 1.49. The van der Waals surface area contributed by atoms with Gasteiger partial charge in [-0.3, -0.25) is 4.79 Å². The minimum atomic E-state index is -0.575. The Labute approximate surface area is 123 Å². The van der Waals surface area contributed by atoms with E-state index in [9.17, 15) is 4.79 Å². The number of hydrogen-bond acceptors (Lipinski definition) is 4. The first kappa shape index (κ1) is 15.8. The molecule has 4 heteroatoms. The van der Waals surface area contributed by atoms with E-state index >= 15 is 0 Å². The maximum Gasteiger partial charge on any atom is 0.327 e. The van der Waals surface area contributed by atoms with Crippen molar-refractivity contribution in [3.63, 3.8) is 0 Å². The number of ether oxygens (including phenoxy) is 1. The molecule has 2 fully saturated rings. The van der Waals surface area contributed by atoms with Gasteiger partial charge in [-0.2, -0.15) is 0 Å². The molecule has 0 radical (unpaired) electrons. The fourth-order valence-electron chi connectivity index (χ4n) is 2.80. The van der Waals surface area contributed by atoms with Crippen LogP contribution in [0.3, 0.4) is 0 Å². The van der Waals surface area contributed by atoms with Crippen LogP contribution in [0.15, 0.2) is 0 Å². The molecular formula is C16H30N2O2. The molecule has 1 unspecified atom stereocenters. The number of nitrogens with zero attached hydrogens (tertiary/aromatic N) is 1. The Hall–Kier alpha value is -0.610. The molecule has 1 N–H and O–H groups in total. The van der Waals surface area contributed by atoms with Gasteiger partial charge < -0.3 is 15.0 Å². The minimum Gasteiger partial charge on any atom is -0.468 e. The molecule has 0 amide bonds. The second-order valence-corrected chi connectivity index (χ2v) is 6.83. The smallest absolute Gasteiger partial charge is 0.327 e. The molecule has 0 aromatic heterocycles. The SMILES string of the molecule is CCCNC(C)(CN(CC1CC1)CC1CC1)C(=O)OC. The van der Waals surface area contributed by atoms with E-state index in [1.165, 1.54) is 32.8 Å². The third-order valence-corrected chi connectivity index (χ3v) is 4.37. The van der Waals surface area contributed by atoms with Gasteiger partial charge in [0, 0.05) is 19.6 Å². The summed E-state index contributed by atoms with van der Waals surface area (Å²) in [5.74, 6) is 1.59. The number of rotatable bonds is 10. The summed E-state index contributed by atoms with van der Waals surface area (Å²) in [5, 5.41) is 3.40.